The highest BCUT2D eigenvalue weighted by Crippen LogP contribution is 2.28. The molecule has 86 valence electrons. The van der Waals surface area contributed by atoms with Gasteiger partial charge in [0.15, 0.2) is 0 Å². The van der Waals surface area contributed by atoms with Gasteiger partial charge in [-0.3, -0.25) is 0 Å². The molecule has 0 aliphatic rings. The molecule has 0 bridgehead atoms. The average molecular weight is 272 g/mol. The van der Waals surface area contributed by atoms with Crippen LogP contribution in [0, 0.1) is 6.26 Å². The van der Waals surface area contributed by atoms with Gasteiger partial charge in [-0.2, -0.15) is 11.8 Å². The van der Waals surface area contributed by atoms with E-state index in [-0.39, 0.29) is 11.1 Å². The van der Waals surface area contributed by atoms with Crippen LogP contribution in [0.5, 0.6) is 0 Å². The Kier molecular flexibility index (Phi) is 3.77. The van der Waals surface area contributed by atoms with Gasteiger partial charge in [0.05, 0.1) is 18.0 Å². The summed E-state index contributed by atoms with van der Waals surface area (Å²) in [6.45, 7) is 0. The van der Waals surface area contributed by atoms with Crippen LogP contribution in [0.2, 0.25) is 5.02 Å². The first-order valence-corrected chi connectivity index (χ1v) is 8.41. The Bertz CT molecular complexity index is 505. The summed E-state index contributed by atoms with van der Waals surface area (Å²) in [6, 6.07) is 6.07. The Morgan fingerprint density at radius 1 is 1.50 bits per heavy atom. The summed E-state index contributed by atoms with van der Waals surface area (Å²) in [5.74, 6) is 1.01. The summed E-state index contributed by atoms with van der Waals surface area (Å²) in [6.07, 6.45) is 10.5. The minimum absolute atomic E-state index is 0.0286. The second-order valence-electron chi connectivity index (χ2n) is 3.67. The van der Waals surface area contributed by atoms with Crippen LogP contribution in [0.25, 0.3) is 10.9 Å². The summed E-state index contributed by atoms with van der Waals surface area (Å²) >= 11 is 7.85. The van der Waals surface area contributed by atoms with Gasteiger partial charge in [-0.15, -0.1) is 0 Å². The fourth-order valence-electron chi connectivity index (χ4n) is 1.77. The molecule has 0 fully saturated rings. The third-order valence-corrected chi connectivity index (χ3v) is 4.26. The van der Waals surface area contributed by atoms with Crippen LogP contribution in [0.3, 0.4) is 0 Å². The summed E-state index contributed by atoms with van der Waals surface area (Å²) in [7, 11) is 0. The van der Waals surface area contributed by atoms with Gasteiger partial charge in [-0.1, -0.05) is 28.9 Å². The van der Waals surface area contributed by atoms with Gasteiger partial charge in [0, 0.05) is 16.2 Å². The second-order valence-corrected chi connectivity index (χ2v) is 6.57. The first kappa shape index (κ1) is 12.2. The van der Waals surface area contributed by atoms with Crippen molar-refractivity contribution in [2.75, 3.05) is 12.5 Å². The maximum atomic E-state index is 6.05. The number of hydrogen-bond donors (Lipinski definition) is 0. The van der Waals surface area contributed by atoms with Gasteiger partial charge in [0.25, 0.3) is 0 Å². The van der Waals surface area contributed by atoms with E-state index in [1.165, 1.54) is 16.5 Å². The van der Waals surface area contributed by atoms with Crippen LogP contribution in [-0.2, 0) is 16.8 Å². The molecule has 2 rings (SSSR count). The molecule has 0 N–H and O–H groups in total. The van der Waals surface area contributed by atoms with E-state index in [0.717, 1.165) is 10.8 Å². The highest BCUT2D eigenvalue weighted by atomic mass is 35.5. The fraction of sp³-hybridized carbons (Fsp3) is 0.250. The summed E-state index contributed by atoms with van der Waals surface area (Å²) in [5.41, 5.74) is 2.57. The SMILES string of the molecule is [CH2-][S+](C)n1cc(CSC)c2cc(Cl)ccc21. The molecule has 0 spiro atoms. The van der Waals surface area contributed by atoms with E-state index in [1.54, 1.807) is 0 Å². The van der Waals surface area contributed by atoms with Crippen molar-refractivity contribution in [1.82, 2.24) is 3.97 Å². The van der Waals surface area contributed by atoms with Gasteiger partial charge < -0.3 is 0 Å². The smallest absolute Gasteiger partial charge is 0.0945 e. The number of thioether (sulfide) groups is 1. The molecule has 0 aliphatic carbocycles. The molecular weight excluding hydrogens is 258 g/mol. The standard InChI is InChI=1S/C12H14ClNS2/c1-15-8-9-7-14(16(2)3)12-5-4-10(13)6-11(9)12/h4-7H,2,8H2,1,3H3. The summed E-state index contributed by atoms with van der Waals surface area (Å²) in [4.78, 5) is 0. The molecule has 1 unspecified atom stereocenters. The molecule has 1 heterocycles. The van der Waals surface area contributed by atoms with Crippen LogP contribution in [0.4, 0.5) is 0 Å². The van der Waals surface area contributed by atoms with E-state index >= 15 is 0 Å². The first-order valence-electron chi connectivity index (χ1n) is 4.88. The predicted molar refractivity (Wildman–Crippen MR) is 78.2 cm³/mol. The second kappa shape index (κ2) is 4.94. The monoisotopic (exact) mass is 271 g/mol. The van der Waals surface area contributed by atoms with Crippen molar-refractivity contribution in [2.24, 2.45) is 0 Å². The first-order chi connectivity index (χ1) is 7.63. The van der Waals surface area contributed by atoms with Gasteiger partial charge >= 0.3 is 0 Å². The van der Waals surface area contributed by atoms with Gasteiger partial charge in [0.1, 0.15) is 0 Å². The number of nitrogens with zero attached hydrogens (tertiary/aromatic N) is 1. The highest BCUT2D eigenvalue weighted by Gasteiger charge is 2.12. The molecule has 2 aromatic rings. The summed E-state index contributed by atoms with van der Waals surface area (Å²) < 4.78 is 2.23. The van der Waals surface area contributed by atoms with Crippen molar-refractivity contribution >= 4 is 45.3 Å². The van der Waals surface area contributed by atoms with Crippen LogP contribution >= 0.6 is 23.4 Å². The number of aromatic nitrogens is 1. The molecule has 4 heteroatoms. The normalized spacial score (nSPS) is 13.2. The third-order valence-electron chi connectivity index (χ3n) is 2.45. The van der Waals surface area contributed by atoms with E-state index in [1.807, 2.05) is 23.9 Å². The zero-order chi connectivity index (χ0) is 11.7. The molecule has 16 heavy (non-hydrogen) atoms. The van der Waals surface area contributed by atoms with Crippen molar-refractivity contribution in [2.45, 2.75) is 5.75 Å². The molecule has 0 saturated carbocycles. The van der Waals surface area contributed by atoms with E-state index < -0.39 is 0 Å². The van der Waals surface area contributed by atoms with Gasteiger partial charge in [-0.05, 0) is 30.0 Å². The quantitative estimate of drug-likeness (QED) is 0.604. The van der Waals surface area contributed by atoms with Crippen molar-refractivity contribution in [3.8, 4) is 0 Å². The molecule has 1 aromatic carbocycles. The lowest BCUT2D eigenvalue weighted by atomic mass is 10.2. The summed E-state index contributed by atoms with van der Waals surface area (Å²) in [5, 5.41) is 2.05. The van der Waals surface area contributed by atoms with Gasteiger partial charge in [-0.25, -0.2) is 3.97 Å². The number of fused-ring (bicyclic) bond motifs is 1. The Hall–Kier alpha value is -0.250. The molecule has 0 amide bonds. The molecule has 1 atom stereocenters. The Labute approximate surface area is 109 Å². The van der Waals surface area contributed by atoms with E-state index in [4.69, 9.17) is 11.6 Å². The van der Waals surface area contributed by atoms with Crippen LogP contribution in [0.1, 0.15) is 5.56 Å². The molecular formula is C12H14ClNS2. The lowest BCUT2D eigenvalue weighted by Gasteiger charge is -2.05. The Morgan fingerprint density at radius 2 is 2.25 bits per heavy atom. The van der Waals surface area contributed by atoms with Crippen molar-refractivity contribution < 1.29 is 0 Å². The number of benzene rings is 1. The Morgan fingerprint density at radius 3 is 2.88 bits per heavy atom. The maximum absolute atomic E-state index is 6.05. The van der Waals surface area contributed by atoms with E-state index in [2.05, 4.69) is 35.0 Å². The lowest BCUT2D eigenvalue weighted by molar-refractivity contribution is 1.30. The number of halogens is 1. The van der Waals surface area contributed by atoms with E-state index in [0.29, 0.717) is 0 Å². The van der Waals surface area contributed by atoms with E-state index in [9.17, 15) is 0 Å². The van der Waals surface area contributed by atoms with Crippen LogP contribution in [-0.4, -0.2) is 16.5 Å². The number of rotatable bonds is 3. The van der Waals surface area contributed by atoms with Crippen molar-refractivity contribution in [1.29, 1.82) is 0 Å². The minimum atomic E-state index is -0.0286. The van der Waals surface area contributed by atoms with Crippen LogP contribution < -0.4 is 0 Å². The predicted octanol–water partition coefficient (Wildman–Crippen LogP) is 3.96. The van der Waals surface area contributed by atoms with Crippen LogP contribution in [0.15, 0.2) is 24.4 Å². The molecule has 0 aliphatic heterocycles. The molecule has 0 radical (unpaired) electrons. The maximum Gasteiger partial charge on any atom is 0.0945 e. The minimum Gasteiger partial charge on any atom is -0.200 e. The van der Waals surface area contributed by atoms with Crippen molar-refractivity contribution in [3.05, 3.63) is 41.2 Å². The third kappa shape index (κ3) is 2.22. The zero-order valence-electron chi connectivity index (χ0n) is 9.37. The highest BCUT2D eigenvalue weighted by molar-refractivity contribution is 7.97. The largest absolute Gasteiger partial charge is 0.200 e. The van der Waals surface area contributed by atoms with Gasteiger partial charge in [0.2, 0.25) is 0 Å². The Balaban J connectivity index is 2.66. The lowest BCUT2D eigenvalue weighted by Crippen LogP contribution is -2.04. The number of hydrogen-bond acceptors (Lipinski definition) is 1. The molecule has 0 saturated heterocycles. The van der Waals surface area contributed by atoms with Crippen molar-refractivity contribution in [3.63, 3.8) is 0 Å². The molecule has 1 nitrogen and oxygen atoms in total. The topological polar surface area (TPSA) is 4.93 Å². The zero-order valence-corrected chi connectivity index (χ0v) is 11.8. The fourth-order valence-corrected chi connectivity index (χ4v) is 3.28. The molecule has 1 aromatic heterocycles. The average Bonchev–Trinajstić information content (AvgIpc) is 2.58.